The Labute approximate surface area is 124 Å². The number of nitrogens with zero attached hydrogens (tertiary/aromatic N) is 2. The SMILES string of the molecule is C[C@@H]1CCN(C(=O)[C@@H](N)CCCN=C(N)N)C(C(=O)O)C1. The molecule has 120 valence electrons. The third kappa shape index (κ3) is 5.22. The van der Waals surface area contributed by atoms with Crippen LogP contribution >= 0.6 is 0 Å². The van der Waals surface area contributed by atoms with E-state index in [-0.39, 0.29) is 11.9 Å². The van der Waals surface area contributed by atoms with Crippen molar-refractivity contribution in [3.63, 3.8) is 0 Å². The number of rotatable bonds is 6. The van der Waals surface area contributed by atoms with Crippen LogP contribution in [0.5, 0.6) is 0 Å². The van der Waals surface area contributed by atoms with Gasteiger partial charge in [0.2, 0.25) is 5.91 Å². The number of aliphatic carboxylic acids is 1. The molecule has 0 spiro atoms. The smallest absolute Gasteiger partial charge is 0.326 e. The lowest BCUT2D eigenvalue weighted by atomic mass is 9.91. The molecule has 0 saturated carbocycles. The first kappa shape index (κ1) is 17.2. The average Bonchev–Trinajstić information content (AvgIpc) is 2.42. The zero-order valence-corrected chi connectivity index (χ0v) is 12.4. The van der Waals surface area contributed by atoms with Crippen LogP contribution in [-0.4, -0.2) is 53.0 Å². The predicted molar refractivity (Wildman–Crippen MR) is 79.4 cm³/mol. The van der Waals surface area contributed by atoms with Gasteiger partial charge in [0.15, 0.2) is 5.96 Å². The summed E-state index contributed by atoms with van der Waals surface area (Å²) in [5, 5.41) is 9.25. The number of piperidine rings is 1. The first-order valence-corrected chi connectivity index (χ1v) is 7.17. The molecule has 1 heterocycles. The van der Waals surface area contributed by atoms with Crippen LogP contribution in [0.3, 0.4) is 0 Å². The number of likely N-dealkylation sites (tertiary alicyclic amines) is 1. The van der Waals surface area contributed by atoms with Crippen molar-refractivity contribution in [3.05, 3.63) is 0 Å². The van der Waals surface area contributed by atoms with Crippen molar-refractivity contribution in [3.8, 4) is 0 Å². The van der Waals surface area contributed by atoms with E-state index >= 15 is 0 Å². The Kier molecular flexibility index (Phi) is 6.41. The van der Waals surface area contributed by atoms with Crippen LogP contribution in [0.1, 0.15) is 32.6 Å². The Bertz CT molecular complexity index is 409. The summed E-state index contributed by atoms with van der Waals surface area (Å²) in [7, 11) is 0. The van der Waals surface area contributed by atoms with Gasteiger partial charge >= 0.3 is 5.97 Å². The molecular weight excluding hydrogens is 274 g/mol. The first-order chi connectivity index (χ1) is 9.82. The number of amides is 1. The largest absolute Gasteiger partial charge is 0.480 e. The molecule has 1 fully saturated rings. The number of hydrogen-bond acceptors (Lipinski definition) is 4. The quantitative estimate of drug-likeness (QED) is 0.283. The van der Waals surface area contributed by atoms with E-state index in [0.717, 1.165) is 6.42 Å². The van der Waals surface area contributed by atoms with Crippen LogP contribution in [0.2, 0.25) is 0 Å². The van der Waals surface area contributed by atoms with Crippen LogP contribution in [0.25, 0.3) is 0 Å². The number of carbonyl (C=O) groups is 2. The van der Waals surface area contributed by atoms with Gasteiger partial charge in [-0.15, -0.1) is 0 Å². The molecule has 1 amide bonds. The molecule has 3 atom stereocenters. The lowest BCUT2D eigenvalue weighted by Crippen LogP contribution is -2.54. The van der Waals surface area contributed by atoms with E-state index in [1.54, 1.807) is 0 Å². The van der Waals surface area contributed by atoms with Gasteiger partial charge in [-0.2, -0.15) is 0 Å². The summed E-state index contributed by atoms with van der Waals surface area (Å²) in [5.74, 6) is -0.972. The minimum Gasteiger partial charge on any atom is -0.480 e. The molecule has 0 aromatic rings. The van der Waals surface area contributed by atoms with Gasteiger partial charge in [0.25, 0.3) is 0 Å². The minimum absolute atomic E-state index is 0.00542. The van der Waals surface area contributed by atoms with Gasteiger partial charge in [-0.3, -0.25) is 9.79 Å². The summed E-state index contributed by atoms with van der Waals surface area (Å²) in [6, 6.07) is -1.49. The maximum Gasteiger partial charge on any atom is 0.326 e. The van der Waals surface area contributed by atoms with Gasteiger partial charge in [0.05, 0.1) is 6.04 Å². The molecule has 1 aliphatic heterocycles. The van der Waals surface area contributed by atoms with E-state index in [0.29, 0.717) is 38.3 Å². The van der Waals surface area contributed by atoms with Crippen LogP contribution in [0.4, 0.5) is 0 Å². The maximum atomic E-state index is 12.3. The Morgan fingerprint density at radius 1 is 1.43 bits per heavy atom. The van der Waals surface area contributed by atoms with Gasteiger partial charge in [-0.1, -0.05) is 6.92 Å². The van der Waals surface area contributed by atoms with E-state index in [1.165, 1.54) is 4.90 Å². The highest BCUT2D eigenvalue weighted by atomic mass is 16.4. The van der Waals surface area contributed by atoms with Crippen molar-refractivity contribution in [2.45, 2.75) is 44.7 Å². The molecule has 21 heavy (non-hydrogen) atoms. The predicted octanol–water partition coefficient (Wildman–Crippen LogP) is -0.921. The van der Waals surface area contributed by atoms with Crippen molar-refractivity contribution in [1.82, 2.24) is 4.90 Å². The number of carboxylic acid groups (broad SMARTS) is 1. The van der Waals surface area contributed by atoms with Crippen molar-refractivity contribution in [1.29, 1.82) is 0 Å². The lowest BCUT2D eigenvalue weighted by Gasteiger charge is -2.37. The van der Waals surface area contributed by atoms with Gasteiger partial charge in [-0.05, 0) is 31.6 Å². The van der Waals surface area contributed by atoms with Crippen LogP contribution in [0, 0.1) is 5.92 Å². The fourth-order valence-electron chi connectivity index (χ4n) is 2.50. The fourth-order valence-corrected chi connectivity index (χ4v) is 2.50. The number of nitrogens with two attached hydrogens (primary N) is 3. The second kappa shape index (κ2) is 7.82. The highest BCUT2D eigenvalue weighted by molar-refractivity contribution is 5.87. The minimum atomic E-state index is -0.970. The zero-order valence-electron chi connectivity index (χ0n) is 12.4. The summed E-state index contributed by atoms with van der Waals surface area (Å²) >= 11 is 0. The van der Waals surface area contributed by atoms with Crippen molar-refractivity contribution in [2.24, 2.45) is 28.1 Å². The van der Waals surface area contributed by atoms with Gasteiger partial charge < -0.3 is 27.2 Å². The third-order valence-corrected chi connectivity index (χ3v) is 3.72. The molecule has 8 heteroatoms. The van der Waals surface area contributed by atoms with Crippen LogP contribution in [0.15, 0.2) is 4.99 Å². The Hall–Kier alpha value is -1.83. The Morgan fingerprint density at radius 3 is 2.67 bits per heavy atom. The van der Waals surface area contributed by atoms with Gasteiger partial charge in [0.1, 0.15) is 6.04 Å². The molecule has 0 aromatic carbocycles. The second-order valence-electron chi connectivity index (χ2n) is 5.57. The molecular formula is C13H25N5O3. The summed E-state index contributed by atoms with van der Waals surface area (Å²) < 4.78 is 0. The summed E-state index contributed by atoms with van der Waals surface area (Å²) in [4.78, 5) is 28.8. The van der Waals surface area contributed by atoms with Gasteiger partial charge in [-0.25, -0.2) is 4.79 Å². The standard InChI is InChI=1S/C13H25N5O3/c1-8-4-6-18(10(7-8)12(20)21)11(19)9(14)3-2-5-17-13(15)16/h8-10H,2-7,14H2,1H3,(H,20,21)(H4,15,16,17)/t8-,9+,10?/m1/s1. The van der Waals surface area contributed by atoms with E-state index < -0.39 is 18.1 Å². The molecule has 1 unspecified atom stereocenters. The van der Waals surface area contributed by atoms with Crippen LogP contribution < -0.4 is 17.2 Å². The molecule has 0 aromatic heterocycles. The zero-order chi connectivity index (χ0) is 16.0. The topological polar surface area (TPSA) is 148 Å². The van der Waals surface area contributed by atoms with E-state index in [2.05, 4.69) is 4.99 Å². The Balaban J connectivity index is 2.55. The molecule has 1 aliphatic rings. The highest BCUT2D eigenvalue weighted by Crippen LogP contribution is 2.23. The summed E-state index contributed by atoms with van der Waals surface area (Å²) in [5.41, 5.74) is 16.3. The monoisotopic (exact) mass is 299 g/mol. The second-order valence-corrected chi connectivity index (χ2v) is 5.57. The molecule has 0 bridgehead atoms. The van der Waals surface area contributed by atoms with Crippen molar-refractivity contribution < 1.29 is 14.7 Å². The highest BCUT2D eigenvalue weighted by Gasteiger charge is 2.36. The molecule has 0 radical (unpaired) electrons. The molecule has 1 saturated heterocycles. The molecule has 1 rings (SSSR count). The van der Waals surface area contributed by atoms with E-state index in [1.807, 2.05) is 6.92 Å². The molecule has 8 nitrogen and oxygen atoms in total. The number of carboxylic acids is 1. The van der Waals surface area contributed by atoms with Crippen molar-refractivity contribution >= 4 is 17.8 Å². The van der Waals surface area contributed by atoms with Crippen molar-refractivity contribution in [2.75, 3.05) is 13.1 Å². The maximum absolute atomic E-state index is 12.3. The number of hydrogen-bond donors (Lipinski definition) is 4. The lowest BCUT2D eigenvalue weighted by molar-refractivity contribution is -0.153. The van der Waals surface area contributed by atoms with Crippen LogP contribution in [-0.2, 0) is 9.59 Å². The number of guanidine groups is 1. The Morgan fingerprint density at radius 2 is 2.10 bits per heavy atom. The fraction of sp³-hybridized carbons (Fsp3) is 0.769. The number of aliphatic imine (C=N–C) groups is 1. The first-order valence-electron chi connectivity index (χ1n) is 7.17. The average molecular weight is 299 g/mol. The van der Waals surface area contributed by atoms with Gasteiger partial charge in [0, 0.05) is 13.1 Å². The number of carbonyl (C=O) groups excluding carboxylic acids is 1. The summed E-state index contributed by atoms with van der Waals surface area (Å²) in [6.45, 7) is 2.84. The van der Waals surface area contributed by atoms with E-state index in [4.69, 9.17) is 17.2 Å². The molecule has 7 N–H and O–H groups in total. The third-order valence-electron chi connectivity index (χ3n) is 3.72. The normalized spacial score (nSPS) is 23.4. The summed E-state index contributed by atoms with van der Waals surface area (Å²) in [6.07, 6.45) is 2.28. The molecule has 0 aliphatic carbocycles. The van der Waals surface area contributed by atoms with E-state index in [9.17, 15) is 14.7 Å².